The first-order valence-corrected chi connectivity index (χ1v) is 20.3. The molecule has 2 nitrogen and oxygen atoms in total. The number of nitrogens with zero attached hydrogens (tertiary/aromatic N) is 2. The summed E-state index contributed by atoms with van der Waals surface area (Å²) in [5, 5.41) is 2.56. The molecule has 1 fully saturated rings. The first kappa shape index (κ1) is 32.3. The maximum atomic E-state index is 5.27. The van der Waals surface area contributed by atoms with Crippen LogP contribution in [-0.4, -0.2) is 9.97 Å². The lowest BCUT2D eigenvalue weighted by Gasteiger charge is -2.36. The number of aromatic nitrogens is 2. The molecule has 0 radical (unpaired) electrons. The highest BCUT2D eigenvalue weighted by atomic mass is 32.1. The van der Waals surface area contributed by atoms with Crippen LogP contribution in [0.3, 0.4) is 0 Å². The quantitative estimate of drug-likeness (QED) is 0.177. The molecular formula is C52H38N2S. The minimum absolute atomic E-state index is 0.129. The van der Waals surface area contributed by atoms with Crippen LogP contribution in [0.25, 0.3) is 87.5 Å². The van der Waals surface area contributed by atoms with Crippen LogP contribution < -0.4 is 0 Å². The summed E-state index contributed by atoms with van der Waals surface area (Å²) in [6.45, 7) is 0. The van der Waals surface area contributed by atoms with Crippen molar-refractivity contribution in [2.75, 3.05) is 0 Å². The second-order valence-corrected chi connectivity index (χ2v) is 16.2. The topological polar surface area (TPSA) is 25.8 Å². The zero-order valence-electron chi connectivity index (χ0n) is 30.5. The van der Waals surface area contributed by atoms with Gasteiger partial charge < -0.3 is 0 Å². The van der Waals surface area contributed by atoms with Crippen molar-refractivity contribution in [3.63, 3.8) is 0 Å². The molecule has 0 unspecified atom stereocenters. The number of benzene rings is 7. The van der Waals surface area contributed by atoms with E-state index in [-0.39, 0.29) is 5.41 Å². The van der Waals surface area contributed by atoms with Crippen molar-refractivity contribution in [1.82, 2.24) is 9.97 Å². The van der Waals surface area contributed by atoms with Crippen molar-refractivity contribution in [1.29, 1.82) is 0 Å². The van der Waals surface area contributed by atoms with Gasteiger partial charge in [-0.05, 0) is 69.5 Å². The highest BCUT2D eigenvalue weighted by Gasteiger charge is 2.43. The van der Waals surface area contributed by atoms with Crippen molar-refractivity contribution in [2.24, 2.45) is 0 Å². The third-order valence-corrected chi connectivity index (χ3v) is 13.4. The third kappa shape index (κ3) is 5.29. The van der Waals surface area contributed by atoms with Crippen LogP contribution in [0.1, 0.15) is 43.2 Å². The van der Waals surface area contributed by atoms with Gasteiger partial charge in [0.25, 0.3) is 0 Å². The molecule has 2 heterocycles. The summed E-state index contributed by atoms with van der Waals surface area (Å²) >= 11 is 1.89. The van der Waals surface area contributed by atoms with E-state index in [1.165, 1.54) is 96.8 Å². The highest BCUT2D eigenvalue weighted by Crippen LogP contribution is 2.56. The van der Waals surface area contributed by atoms with E-state index < -0.39 is 0 Å². The van der Waals surface area contributed by atoms with Gasteiger partial charge in [-0.3, -0.25) is 0 Å². The van der Waals surface area contributed by atoms with Gasteiger partial charge in [0, 0.05) is 42.3 Å². The number of hydrogen-bond acceptors (Lipinski definition) is 3. The van der Waals surface area contributed by atoms with E-state index in [4.69, 9.17) is 9.97 Å². The SMILES string of the molecule is c1ccc(-c2ccc(-c3cc(-c4cccc5c4sc4c(-c6ccc7c(c6)C6(CCCCC6)c6ccccc6-7)cccc45)nc(-c4ccccc4)n3)cc2)cc1. The second kappa shape index (κ2) is 13.0. The average Bonchev–Trinajstić information content (AvgIpc) is 3.78. The Kier molecular flexibility index (Phi) is 7.63. The Bertz CT molecular complexity index is 2880. The van der Waals surface area contributed by atoms with Crippen LogP contribution in [-0.2, 0) is 5.41 Å². The minimum Gasteiger partial charge on any atom is -0.228 e. The molecule has 262 valence electrons. The molecule has 11 rings (SSSR count). The Morgan fingerprint density at radius 2 is 0.945 bits per heavy atom. The number of fused-ring (bicyclic) bond motifs is 8. The monoisotopic (exact) mass is 722 g/mol. The summed E-state index contributed by atoms with van der Waals surface area (Å²) in [7, 11) is 0. The maximum Gasteiger partial charge on any atom is 0.160 e. The molecule has 0 amide bonds. The summed E-state index contributed by atoms with van der Waals surface area (Å²) in [4.78, 5) is 10.4. The first-order valence-electron chi connectivity index (χ1n) is 19.5. The number of hydrogen-bond donors (Lipinski definition) is 0. The molecule has 2 aliphatic rings. The van der Waals surface area contributed by atoms with Crippen LogP contribution >= 0.6 is 11.3 Å². The summed E-state index contributed by atoms with van der Waals surface area (Å²) in [5.41, 5.74) is 16.1. The van der Waals surface area contributed by atoms with Crippen molar-refractivity contribution in [3.8, 4) is 67.3 Å². The molecule has 0 N–H and O–H groups in total. The molecule has 0 bridgehead atoms. The minimum atomic E-state index is 0.129. The van der Waals surface area contributed by atoms with Crippen molar-refractivity contribution >= 4 is 31.5 Å². The van der Waals surface area contributed by atoms with Crippen LogP contribution in [0.15, 0.2) is 170 Å². The number of rotatable bonds is 5. The molecule has 55 heavy (non-hydrogen) atoms. The molecule has 0 saturated heterocycles. The Hall–Kier alpha value is -6.16. The van der Waals surface area contributed by atoms with Crippen molar-refractivity contribution in [3.05, 3.63) is 181 Å². The van der Waals surface area contributed by atoms with E-state index in [0.29, 0.717) is 0 Å². The van der Waals surface area contributed by atoms with Gasteiger partial charge in [-0.2, -0.15) is 0 Å². The molecule has 0 aliphatic heterocycles. The zero-order valence-corrected chi connectivity index (χ0v) is 31.3. The average molecular weight is 723 g/mol. The van der Waals surface area contributed by atoms with Crippen LogP contribution in [0.2, 0.25) is 0 Å². The third-order valence-electron chi connectivity index (χ3n) is 12.1. The summed E-state index contributed by atoms with van der Waals surface area (Å²) in [5.74, 6) is 0.731. The molecule has 1 saturated carbocycles. The lowest BCUT2D eigenvalue weighted by molar-refractivity contribution is 0.353. The van der Waals surface area contributed by atoms with E-state index in [9.17, 15) is 0 Å². The summed E-state index contributed by atoms with van der Waals surface area (Å²) in [6.07, 6.45) is 6.40. The molecule has 0 atom stereocenters. The van der Waals surface area contributed by atoms with Crippen molar-refractivity contribution < 1.29 is 0 Å². The van der Waals surface area contributed by atoms with Gasteiger partial charge in [-0.1, -0.05) is 177 Å². The van der Waals surface area contributed by atoms with Gasteiger partial charge in [-0.15, -0.1) is 11.3 Å². The van der Waals surface area contributed by atoms with Gasteiger partial charge in [0.05, 0.1) is 11.4 Å². The molecule has 2 aliphatic carbocycles. The van der Waals surface area contributed by atoms with Crippen molar-refractivity contribution in [2.45, 2.75) is 37.5 Å². The Morgan fingerprint density at radius 1 is 0.382 bits per heavy atom. The maximum absolute atomic E-state index is 5.27. The predicted octanol–water partition coefficient (Wildman–Crippen LogP) is 14.4. The van der Waals surface area contributed by atoms with Gasteiger partial charge in [0.15, 0.2) is 5.82 Å². The Morgan fingerprint density at radius 3 is 1.71 bits per heavy atom. The lowest BCUT2D eigenvalue weighted by atomic mass is 9.67. The molecule has 9 aromatic rings. The number of thiophene rings is 1. The molecular weight excluding hydrogens is 685 g/mol. The summed E-state index contributed by atoms with van der Waals surface area (Å²) in [6, 6.07) is 61.9. The smallest absolute Gasteiger partial charge is 0.160 e. The Balaban J connectivity index is 1.06. The Labute approximate surface area is 325 Å². The molecule has 7 aromatic carbocycles. The van der Waals surface area contributed by atoms with E-state index in [0.717, 1.165) is 33.9 Å². The molecule has 2 aromatic heterocycles. The fourth-order valence-electron chi connectivity index (χ4n) is 9.48. The standard InChI is InChI=1S/C52H38N2S/c1-4-14-34(15-5-1)35-24-26-36(27-25-35)47-33-48(54-51(53-47)37-16-6-2-7-17-37)44-22-13-21-43-42-20-12-19-39(49(42)55-50(43)44)38-28-29-41-40-18-8-9-23-45(40)52(46(41)32-38)30-10-3-11-31-52/h1-2,4-9,12-29,32-33H,3,10-11,30-31H2. The van der Waals surface area contributed by atoms with Crippen LogP contribution in [0, 0.1) is 0 Å². The van der Waals surface area contributed by atoms with Gasteiger partial charge >= 0.3 is 0 Å². The zero-order chi connectivity index (χ0) is 36.3. The predicted molar refractivity (Wildman–Crippen MR) is 231 cm³/mol. The first-order chi connectivity index (χ1) is 27.2. The highest BCUT2D eigenvalue weighted by molar-refractivity contribution is 7.26. The molecule has 1 spiro atoms. The van der Waals surface area contributed by atoms with E-state index in [2.05, 4.69) is 164 Å². The van der Waals surface area contributed by atoms with Crippen LogP contribution in [0.5, 0.6) is 0 Å². The van der Waals surface area contributed by atoms with E-state index in [1.807, 2.05) is 17.4 Å². The largest absolute Gasteiger partial charge is 0.228 e. The van der Waals surface area contributed by atoms with Crippen LogP contribution in [0.4, 0.5) is 0 Å². The lowest BCUT2D eigenvalue weighted by Crippen LogP contribution is -2.28. The normalized spacial score (nSPS) is 14.3. The van der Waals surface area contributed by atoms with Gasteiger partial charge in [0.2, 0.25) is 0 Å². The fraction of sp³-hybridized carbons (Fsp3) is 0.115. The van der Waals surface area contributed by atoms with E-state index >= 15 is 0 Å². The second-order valence-electron chi connectivity index (χ2n) is 15.2. The van der Waals surface area contributed by atoms with Gasteiger partial charge in [0.1, 0.15) is 0 Å². The molecule has 3 heteroatoms. The van der Waals surface area contributed by atoms with E-state index in [1.54, 1.807) is 0 Å². The summed E-state index contributed by atoms with van der Waals surface area (Å²) < 4.78 is 2.58. The fourth-order valence-corrected chi connectivity index (χ4v) is 10.8. The van der Waals surface area contributed by atoms with Gasteiger partial charge in [-0.25, -0.2) is 9.97 Å².